The van der Waals surface area contributed by atoms with Gasteiger partial charge in [0.25, 0.3) is 0 Å². The van der Waals surface area contributed by atoms with Gasteiger partial charge in [0.1, 0.15) is 0 Å². The standard InChI is InChI=1S/C20H26N4O3S3/c1-2-28-20-23-22-19(29-20)21-18(25)15-9-11-24(12-10-15)30(26,27)17-8-7-14-5-3-4-6-16(14)13-17/h7-8,13,15H,2-6,9-12H2,1H3,(H,21,22,25). The van der Waals surface area contributed by atoms with E-state index in [9.17, 15) is 13.2 Å². The minimum Gasteiger partial charge on any atom is -0.300 e. The number of sulfonamides is 1. The lowest BCUT2D eigenvalue weighted by molar-refractivity contribution is -0.120. The maximum Gasteiger partial charge on any atom is 0.243 e. The Morgan fingerprint density at radius 2 is 1.93 bits per heavy atom. The number of hydrogen-bond acceptors (Lipinski definition) is 7. The molecule has 1 fully saturated rings. The van der Waals surface area contributed by atoms with E-state index >= 15 is 0 Å². The molecular formula is C20H26N4O3S3. The molecule has 0 unspecified atom stereocenters. The van der Waals surface area contributed by atoms with Gasteiger partial charge in [0, 0.05) is 19.0 Å². The third-order valence-electron chi connectivity index (χ3n) is 5.69. The number of nitrogens with zero attached hydrogens (tertiary/aromatic N) is 3. The van der Waals surface area contributed by atoms with E-state index < -0.39 is 10.0 Å². The normalized spacial score (nSPS) is 18.2. The molecule has 1 aromatic heterocycles. The molecule has 0 atom stereocenters. The summed E-state index contributed by atoms with van der Waals surface area (Å²) >= 11 is 2.95. The van der Waals surface area contributed by atoms with Gasteiger partial charge in [0.2, 0.25) is 21.1 Å². The zero-order chi connectivity index (χ0) is 21.1. The summed E-state index contributed by atoms with van der Waals surface area (Å²) in [6.45, 7) is 2.74. The van der Waals surface area contributed by atoms with Gasteiger partial charge >= 0.3 is 0 Å². The molecule has 1 aliphatic heterocycles. The molecule has 1 aromatic carbocycles. The highest BCUT2D eigenvalue weighted by atomic mass is 32.2. The predicted molar refractivity (Wildman–Crippen MR) is 120 cm³/mol. The van der Waals surface area contributed by atoms with Crippen LogP contribution in [-0.4, -0.2) is 47.7 Å². The van der Waals surface area contributed by atoms with Crippen molar-refractivity contribution in [2.45, 2.75) is 54.7 Å². The van der Waals surface area contributed by atoms with E-state index in [2.05, 4.69) is 15.5 Å². The summed E-state index contributed by atoms with van der Waals surface area (Å²) in [5.41, 5.74) is 2.43. The van der Waals surface area contributed by atoms with Crippen LogP contribution in [0.25, 0.3) is 0 Å². The summed E-state index contributed by atoms with van der Waals surface area (Å²) in [4.78, 5) is 13.0. The van der Waals surface area contributed by atoms with Gasteiger partial charge in [-0.15, -0.1) is 10.2 Å². The third kappa shape index (κ3) is 4.71. The summed E-state index contributed by atoms with van der Waals surface area (Å²) < 4.78 is 28.6. The van der Waals surface area contributed by atoms with Crippen molar-refractivity contribution in [1.82, 2.24) is 14.5 Å². The number of carbonyl (C=O) groups excluding carboxylic acids is 1. The van der Waals surface area contributed by atoms with Gasteiger partial charge in [-0.25, -0.2) is 8.42 Å². The molecule has 1 aliphatic carbocycles. The second kappa shape index (κ2) is 9.33. The number of aromatic nitrogens is 2. The van der Waals surface area contributed by atoms with Gasteiger partial charge in [-0.1, -0.05) is 36.1 Å². The molecule has 7 nitrogen and oxygen atoms in total. The third-order valence-corrected chi connectivity index (χ3v) is 9.44. The van der Waals surface area contributed by atoms with Gasteiger partial charge < -0.3 is 5.32 Å². The van der Waals surface area contributed by atoms with Crippen molar-refractivity contribution in [1.29, 1.82) is 0 Å². The Morgan fingerprint density at radius 1 is 1.20 bits per heavy atom. The highest BCUT2D eigenvalue weighted by molar-refractivity contribution is 8.01. The number of fused-ring (bicyclic) bond motifs is 1. The van der Waals surface area contributed by atoms with Crippen molar-refractivity contribution in [2.24, 2.45) is 5.92 Å². The Morgan fingerprint density at radius 3 is 2.67 bits per heavy atom. The number of nitrogens with one attached hydrogen (secondary N) is 1. The topological polar surface area (TPSA) is 92.3 Å². The zero-order valence-corrected chi connectivity index (χ0v) is 19.4. The van der Waals surface area contributed by atoms with Crippen LogP contribution in [0, 0.1) is 5.92 Å². The fourth-order valence-corrected chi connectivity index (χ4v) is 7.20. The molecular weight excluding hydrogens is 440 g/mol. The monoisotopic (exact) mass is 466 g/mol. The molecule has 0 bridgehead atoms. The van der Waals surface area contributed by atoms with E-state index in [0.29, 0.717) is 36.0 Å². The smallest absolute Gasteiger partial charge is 0.243 e. The Kier molecular flexibility index (Phi) is 6.76. The zero-order valence-electron chi connectivity index (χ0n) is 17.0. The molecule has 1 saturated heterocycles. The van der Waals surface area contributed by atoms with Gasteiger partial charge in [-0.2, -0.15) is 4.31 Å². The molecule has 2 aromatic rings. The maximum atomic E-state index is 13.1. The van der Waals surface area contributed by atoms with E-state index in [1.807, 2.05) is 19.1 Å². The van der Waals surface area contributed by atoms with Crippen LogP contribution in [-0.2, 0) is 27.7 Å². The Balaban J connectivity index is 1.36. The average molecular weight is 467 g/mol. The van der Waals surface area contributed by atoms with E-state index in [1.54, 1.807) is 17.8 Å². The van der Waals surface area contributed by atoms with Crippen molar-refractivity contribution in [3.8, 4) is 0 Å². The Bertz CT molecular complexity index is 1010. The molecule has 30 heavy (non-hydrogen) atoms. The highest BCUT2D eigenvalue weighted by Crippen LogP contribution is 2.29. The van der Waals surface area contributed by atoms with Crippen LogP contribution < -0.4 is 5.32 Å². The largest absolute Gasteiger partial charge is 0.300 e. The first kappa shape index (κ1) is 21.7. The number of amides is 1. The minimum atomic E-state index is -3.53. The SMILES string of the molecule is CCSc1nnc(NC(=O)C2CCN(S(=O)(=O)c3ccc4c(c3)CCCC4)CC2)s1. The summed E-state index contributed by atoms with van der Waals surface area (Å²) in [6, 6.07) is 5.55. The van der Waals surface area contributed by atoms with Crippen LogP contribution in [0.3, 0.4) is 0 Å². The first-order valence-electron chi connectivity index (χ1n) is 10.4. The first-order valence-corrected chi connectivity index (χ1v) is 13.6. The summed E-state index contributed by atoms with van der Waals surface area (Å²) in [6.07, 6.45) is 5.28. The molecule has 2 heterocycles. The molecule has 2 aliphatic rings. The van der Waals surface area contributed by atoms with Crippen LogP contribution >= 0.6 is 23.1 Å². The summed E-state index contributed by atoms with van der Waals surface area (Å²) in [7, 11) is -3.53. The van der Waals surface area contributed by atoms with Crippen molar-refractivity contribution in [2.75, 3.05) is 24.2 Å². The van der Waals surface area contributed by atoms with Crippen LogP contribution in [0.1, 0.15) is 43.7 Å². The number of benzene rings is 1. The number of carbonyl (C=O) groups is 1. The average Bonchev–Trinajstić information content (AvgIpc) is 3.20. The van der Waals surface area contributed by atoms with Crippen LogP contribution in [0.4, 0.5) is 5.13 Å². The van der Waals surface area contributed by atoms with Crippen molar-refractivity contribution in [3.63, 3.8) is 0 Å². The number of rotatable bonds is 6. The number of piperidine rings is 1. The molecule has 0 radical (unpaired) electrons. The molecule has 4 rings (SSSR count). The summed E-state index contributed by atoms with van der Waals surface area (Å²) in [5, 5.41) is 11.4. The van der Waals surface area contributed by atoms with Crippen molar-refractivity contribution >= 4 is 44.2 Å². The van der Waals surface area contributed by atoms with E-state index in [4.69, 9.17) is 0 Å². The molecule has 1 amide bonds. The molecule has 0 saturated carbocycles. The second-order valence-electron chi connectivity index (χ2n) is 7.61. The maximum absolute atomic E-state index is 13.1. The van der Waals surface area contributed by atoms with Crippen LogP contribution in [0.5, 0.6) is 0 Å². The van der Waals surface area contributed by atoms with Crippen LogP contribution in [0.15, 0.2) is 27.4 Å². The molecule has 10 heteroatoms. The Labute approximate surface area is 185 Å². The molecule has 162 valence electrons. The van der Waals surface area contributed by atoms with Gasteiger partial charge in [0.15, 0.2) is 4.34 Å². The molecule has 0 spiro atoms. The predicted octanol–water partition coefficient (Wildman–Crippen LogP) is 3.57. The van der Waals surface area contributed by atoms with E-state index in [1.165, 1.54) is 27.6 Å². The van der Waals surface area contributed by atoms with Crippen molar-refractivity contribution < 1.29 is 13.2 Å². The van der Waals surface area contributed by atoms with Gasteiger partial charge in [0.05, 0.1) is 4.90 Å². The number of anilines is 1. The fraction of sp³-hybridized carbons (Fsp3) is 0.550. The lowest BCUT2D eigenvalue weighted by atomic mass is 9.92. The quantitative estimate of drug-likeness (QED) is 0.517. The second-order valence-corrected chi connectivity index (χ2v) is 12.0. The van der Waals surface area contributed by atoms with Crippen molar-refractivity contribution in [3.05, 3.63) is 29.3 Å². The lowest BCUT2D eigenvalue weighted by Crippen LogP contribution is -2.41. The number of thioether (sulfide) groups is 1. The van der Waals surface area contributed by atoms with Crippen LogP contribution in [0.2, 0.25) is 0 Å². The highest BCUT2D eigenvalue weighted by Gasteiger charge is 2.32. The number of aryl methyl sites for hydroxylation is 2. The van der Waals surface area contributed by atoms with Gasteiger partial charge in [-0.3, -0.25) is 4.79 Å². The Hall–Kier alpha value is -1.49. The summed E-state index contributed by atoms with van der Waals surface area (Å²) in [5.74, 6) is 0.580. The van der Waals surface area contributed by atoms with E-state index in [0.717, 1.165) is 34.9 Å². The molecule has 1 N–H and O–H groups in total. The van der Waals surface area contributed by atoms with Gasteiger partial charge in [-0.05, 0) is 67.5 Å². The number of hydrogen-bond donors (Lipinski definition) is 1. The van der Waals surface area contributed by atoms with E-state index in [-0.39, 0.29) is 11.8 Å². The first-order chi connectivity index (χ1) is 14.5. The minimum absolute atomic E-state index is 0.106. The fourth-order valence-electron chi connectivity index (χ4n) is 4.03. The lowest BCUT2D eigenvalue weighted by Gasteiger charge is -2.30.